The number of hydrogen-bond acceptors (Lipinski definition) is 4. The van der Waals surface area contributed by atoms with E-state index in [2.05, 4.69) is 10.0 Å². The normalized spacial score (nSPS) is 21.6. The fraction of sp³-hybridized carbons (Fsp3) is 0.500. The molecular formula is C14H18N4O2. The number of hydrogen-bond donors (Lipinski definition) is 1. The molecular weight excluding hydrogens is 256 g/mol. The van der Waals surface area contributed by atoms with Crippen LogP contribution >= 0.6 is 0 Å². The van der Waals surface area contributed by atoms with E-state index >= 15 is 0 Å². The second-order valence-corrected chi connectivity index (χ2v) is 5.10. The third kappa shape index (κ3) is 4.26. The van der Waals surface area contributed by atoms with Crippen molar-refractivity contribution in [2.45, 2.75) is 25.5 Å². The Kier molecular flexibility index (Phi) is 4.98. The lowest BCUT2D eigenvalue weighted by Gasteiger charge is -2.11. The van der Waals surface area contributed by atoms with Crippen molar-refractivity contribution in [1.29, 1.82) is 0 Å². The number of ether oxygens (including phenoxy) is 1. The Balaban J connectivity index is 1.69. The zero-order chi connectivity index (χ0) is 14.4. The Morgan fingerprint density at radius 3 is 2.90 bits per heavy atom. The fourth-order valence-corrected chi connectivity index (χ4v) is 2.22. The summed E-state index contributed by atoms with van der Waals surface area (Å²) in [5.41, 5.74) is 15.0. The highest BCUT2D eigenvalue weighted by molar-refractivity contribution is 5.75. The van der Waals surface area contributed by atoms with E-state index in [1.54, 1.807) is 0 Å². The SMILES string of the molecule is [N-]=[N+]=NC[C@H]1C[C@@H]1C[C@H](N)C(=O)OCc1ccccc1. The van der Waals surface area contributed by atoms with Gasteiger partial charge in [-0.25, -0.2) is 0 Å². The molecule has 1 aromatic carbocycles. The van der Waals surface area contributed by atoms with Crippen LogP contribution in [0.15, 0.2) is 35.4 Å². The largest absolute Gasteiger partial charge is 0.460 e. The van der Waals surface area contributed by atoms with Crippen molar-refractivity contribution in [3.05, 3.63) is 46.3 Å². The van der Waals surface area contributed by atoms with Gasteiger partial charge in [0.1, 0.15) is 12.6 Å². The van der Waals surface area contributed by atoms with Gasteiger partial charge >= 0.3 is 5.97 Å². The summed E-state index contributed by atoms with van der Waals surface area (Å²) in [5, 5.41) is 3.54. The molecule has 20 heavy (non-hydrogen) atoms. The van der Waals surface area contributed by atoms with Crippen LogP contribution in [-0.4, -0.2) is 18.6 Å². The zero-order valence-corrected chi connectivity index (χ0v) is 11.2. The van der Waals surface area contributed by atoms with E-state index in [4.69, 9.17) is 16.0 Å². The number of nitrogens with zero attached hydrogens (tertiary/aromatic N) is 3. The van der Waals surface area contributed by atoms with Crippen LogP contribution in [0.1, 0.15) is 18.4 Å². The molecule has 0 unspecified atom stereocenters. The summed E-state index contributed by atoms with van der Waals surface area (Å²) in [6.45, 7) is 0.743. The van der Waals surface area contributed by atoms with Crippen LogP contribution in [0.25, 0.3) is 10.4 Å². The van der Waals surface area contributed by atoms with Crippen LogP contribution in [0.3, 0.4) is 0 Å². The molecule has 0 radical (unpaired) electrons. The molecule has 6 heteroatoms. The van der Waals surface area contributed by atoms with Crippen molar-refractivity contribution in [2.24, 2.45) is 22.7 Å². The molecule has 0 saturated heterocycles. The van der Waals surface area contributed by atoms with E-state index < -0.39 is 6.04 Å². The molecule has 3 atom stereocenters. The molecule has 6 nitrogen and oxygen atoms in total. The minimum absolute atomic E-state index is 0.250. The molecule has 0 bridgehead atoms. The predicted octanol–water partition coefficient (Wildman–Crippen LogP) is 2.39. The molecule has 106 valence electrons. The molecule has 0 heterocycles. The van der Waals surface area contributed by atoms with Crippen molar-refractivity contribution < 1.29 is 9.53 Å². The number of benzene rings is 1. The number of azide groups is 1. The fourth-order valence-electron chi connectivity index (χ4n) is 2.22. The third-order valence-electron chi connectivity index (χ3n) is 3.53. The summed E-state index contributed by atoms with van der Waals surface area (Å²) in [5.74, 6) is 0.377. The van der Waals surface area contributed by atoms with Crippen LogP contribution in [0, 0.1) is 11.8 Å². The Bertz CT molecular complexity index is 499. The predicted molar refractivity (Wildman–Crippen MR) is 74.4 cm³/mol. The van der Waals surface area contributed by atoms with Crippen molar-refractivity contribution in [1.82, 2.24) is 0 Å². The van der Waals surface area contributed by atoms with Crippen molar-refractivity contribution in [3.8, 4) is 0 Å². The van der Waals surface area contributed by atoms with Gasteiger partial charge in [-0.05, 0) is 35.8 Å². The second kappa shape index (κ2) is 6.93. The van der Waals surface area contributed by atoms with Crippen LogP contribution < -0.4 is 5.73 Å². The molecule has 0 spiro atoms. The van der Waals surface area contributed by atoms with E-state index in [0.29, 0.717) is 24.8 Å². The van der Waals surface area contributed by atoms with Gasteiger partial charge < -0.3 is 10.5 Å². The van der Waals surface area contributed by atoms with E-state index in [-0.39, 0.29) is 12.6 Å². The number of esters is 1. The Morgan fingerprint density at radius 2 is 2.20 bits per heavy atom. The monoisotopic (exact) mass is 274 g/mol. The lowest BCUT2D eigenvalue weighted by atomic mass is 10.1. The average molecular weight is 274 g/mol. The van der Waals surface area contributed by atoms with Crippen LogP contribution in [0.4, 0.5) is 0 Å². The Morgan fingerprint density at radius 1 is 1.45 bits per heavy atom. The van der Waals surface area contributed by atoms with E-state index in [0.717, 1.165) is 12.0 Å². The van der Waals surface area contributed by atoms with Crippen LogP contribution in [0.2, 0.25) is 0 Å². The van der Waals surface area contributed by atoms with Crippen molar-refractivity contribution >= 4 is 5.97 Å². The first kappa shape index (κ1) is 14.4. The van der Waals surface area contributed by atoms with Gasteiger partial charge in [-0.2, -0.15) is 0 Å². The molecule has 1 aliphatic carbocycles. The zero-order valence-electron chi connectivity index (χ0n) is 11.2. The minimum atomic E-state index is -0.597. The summed E-state index contributed by atoms with van der Waals surface area (Å²) in [6, 6.07) is 8.90. The number of carbonyl (C=O) groups excluding carboxylic acids is 1. The molecule has 1 saturated carbocycles. The maximum atomic E-state index is 11.8. The molecule has 0 aliphatic heterocycles. The second-order valence-electron chi connectivity index (χ2n) is 5.10. The number of rotatable bonds is 7. The molecule has 1 aliphatic rings. The van der Waals surface area contributed by atoms with Gasteiger partial charge in [0.2, 0.25) is 0 Å². The maximum Gasteiger partial charge on any atom is 0.323 e. The third-order valence-corrected chi connectivity index (χ3v) is 3.53. The van der Waals surface area contributed by atoms with E-state index in [1.165, 1.54) is 0 Å². The smallest absolute Gasteiger partial charge is 0.323 e. The maximum absolute atomic E-state index is 11.8. The van der Waals surface area contributed by atoms with Gasteiger partial charge in [0, 0.05) is 11.5 Å². The highest BCUT2D eigenvalue weighted by Crippen LogP contribution is 2.42. The summed E-state index contributed by atoms with van der Waals surface area (Å²) < 4.78 is 5.19. The molecule has 2 N–H and O–H groups in total. The van der Waals surface area contributed by atoms with E-state index in [9.17, 15) is 4.79 Å². The van der Waals surface area contributed by atoms with Gasteiger partial charge in [-0.1, -0.05) is 35.4 Å². The van der Waals surface area contributed by atoms with Gasteiger partial charge in [0.05, 0.1) is 0 Å². The molecule has 2 rings (SSSR count). The Labute approximate surface area is 117 Å². The van der Waals surface area contributed by atoms with Gasteiger partial charge in [0.25, 0.3) is 0 Å². The lowest BCUT2D eigenvalue weighted by molar-refractivity contribution is -0.146. The average Bonchev–Trinajstić information content (AvgIpc) is 3.21. The Hall–Kier alpha value is -2.04. The number of nitrogens with two attached hydrogens (primary N) is 1. The first-order chi connectivity index (χ1) is 9.70. The molecule has 0 aromatic heterocycles. The van der Waals surface area contributed by atoms with Crippen molar-refractivity contribution in [3.63, 3.8) is 0 Å². The highest BCUT2D eigenvalue weighted by atomic mass is 16.5. The van der Waals surface area contributed by atoms with E-state index in [1.807, 2.05) is 30.3 Å². The quantitative estimate of drug-likeness (QED) is 0.357. The lowest BCUT2D eigenvalue weighted by Crippen LogP contribution is -2.32. The summed E-state index contributed by atoms with van der Waals surface area (Å²) >= 11 is 0. The summed E-state index contributed by atoms with van der Waals surface area (Å²) in [6.07, 6.45) is 1.57. The first-order valence-corrected chi connectivity index (χ1v) is 6.67. The first-order valence-electron chi connectivity index (χ1n) is 6.67. The molecule has 1 aromatic rings. The summed E-state index contributed by atoms with van der Waals surface area (Å²) in [4.78, 5) is 14.5. The standard InChI is InChI=1S/C14H18N4O2/c15-13(7-11-6-12(11)8-17-18-16)14(19)20-9-10-4-2-1-3-5-10/h1-5,11-13H,6-9,15H2/t11-,12-,13+/m1/s1. The number of carbonyl (C=O) groups is 1. The molecule has 1 fully saturated rings. The van der Waals surface area contributed by atoms with Gasteiger partial charge in [0.15, 0.2) is 0 Å². The van der Waals surface area contributed by atoms with Gasteiger partial charge in [-0.3, -0.25) is 4.79 Å². The van der Waals surface area contributed by atoms with Crippen molar-refractivity contribution in [2.75, 3.05) is 6.54 Å². The molecule has 0 amide bonds. The minimum Gasteiger partial charge on any atom is -0.460 e. The van der Waals surface area contributed by atoms with Gasteiger partial charge in [-0.15, -0.1) is 0 Å². The summed E-state index contributed by atoms with van der Waals surface area (Å²) in [7, 11) is 0. The topological polar surface area (TPSA) is 101 Å². The van der Waals surface area contributed by atoms with Crippen LogP contribution in [0.5, 0.6) is 0 Å². The highest BCUT2D eigenvalue weighted by Gasteiger charge is 2.38. The van der Waals surface area contributed by atoms with Crippen LogP contribution in [-0.2, 0) is 16.1 Å².